The van der Waals surface area contributed by atoms with Crippen molar-refractivity contribution in [3.8, 4) is 0 Å². The molecule has 5 atom stereocenters. The second kappa shape index (κ2) is 8.43. The fourth-order valence-electron chi connectivity index (χ4n) is 4.56. The summed E-state index contributed by atoms with van der Waals surface area (Å²) in [4.78, 5) is 2.55. The highest BCUT2D eigenvalue weighted by atomic mass is 28.4. The molecule has 29 heavy (non-hydrogen) atoms. The van der Waals surface area contributed by atoms with Gasteiger partial charge in [0.05, 0.1) is 12.2 Å². The molecular weight excluding hydrogens is 378 g/mol. The number of hydrogen-bond donors (Lipinski definition) is 0. The summed E-state index contributed by atoms with van der Waals surface area (Å²) in [6.45, 7) is 13.7. The Balaban J connectivity index is 1.78. The summed E-state index contributed by atoms with van der Waals surface area (Å²) in [5.41, 5.74) is 1.30. The minimum absolute atomic E-state index is 0.136. The SMILES string of the molecule is COC1(C)C[C@H]2[C@H](CC[C@@H](C[C@H](O[Si](C)(C)C(C)(C)C)c3ccccc3)N2C)O1. The third kappa shape index (κ3) is 4.96. The van der Waals surface area contributed by atoms with E-state index < -0.39 is 14.1 Å². The first-order valence-electron chi connectivity index (χ1n) is 11.1. The van der Waals surface area contributed by atoms with Crippen LogP contribution in [0.1, 0.15) is 65.0 Å². The molecule has 0 amide bonds. The normalized spacial score (nSPS) is 32.2. The predicted molar refractivity (Wildman–Crippen MR) is 122 cm³/mol. The summed E-state index contributed by atoms with van der Waals surface area (Å²) in [6, 6.07) is 11.7. The molecule has 5 heteroatoms. The molecule has 1 aromatic carbocycles. The number of benzene rings is 1. The van der Waals surface area contributed by atoms with Crippen molar-refractivity contribution in [2.75, 3.05) is 14.2 Å². The average molecular weight is 420 g/mol. The van der Waals surface area contributed by atoms with Crippen molar-refractivity contribution in [3.05, 3.63) is 35.9 Å². The first-order chi connectivity index (χ1) is 13.5. The zero-order valence-electron chi connectivity index (χ0n) is 19.7. The molecule has 4 nitrogen and oxygen atoms in total. The molecule has 1 unspecified atom stereocenters. The molecule has 0 radical (unpaired) electrons. The standard InChI is InChI=1S/C24H41NO3Si/c1-23(2,3)29(7,8)28-22(18-12-10-9-11-13-18)16-19-14-15-21-20(25(19)5)17-24(4,26-6)27-21/h9-13,19-22H,14-17H2,1-8H3/t19-,20-,21-,22-,24?/m0/s1. The summed E-state index contributed by atoms with van der Waals surface area (Å²) >= 11 is 0. The number of nitrogens with zero attached hydrogens (tertiary/aromatic N) is 1. The van der Waals surface area contributed by atoms with Crippen LogP contribution in [-0.2, 0) is 13.9 Å². The van der Waals surface area contributed by atoms with Gasteiger partial charge in [0.2, 0.25) is 0 Å². The fraction of sp³-hybridized carbons (Fsp3) is 0.750. The van der Waals surface area contributed by atoms with Gasteiger partial charge >= 0.3 is 0 Å². The second-order valence-corrected chi connectivity index (χ2v) is 15.4. The van der Waals surface area contributed by atoms with Crippen molar-refractivity contribution >= 4 is 8.32 Å². The summed E-state index contributed by atoms with van der Waals surface area (Å²) in [5, 5.41) is 0.198. The number of likely N-dealkylation sites (tertiary alicyclic amines) is 1. The van der Waals surface area contributed by atoms with Crippen LogP contribution in [0.2, 0.25) is 18.1 Å². The first kappa shape index (κ1) is 23.0. The smallest absolute Gasteiger partial charge is 0.192 e. The lowest BCUT2D eigenvalue weighted by molar-refractivity contribution is -0.201. The highest BCUT2D eigenvalue weighted by molar-refractivity contribution is 6.74. The van der Waals surface area contributed by atoms with Gasteiger partial charge in [-0.2, -0.15) is 0 Å². The van der Waals surface area contributed by atoms with Crippen LogP contribution >= 0.6 is 0 Å². The van der Waals surface area contributed by atoms with Crippen LogP contribution in [0.25, 0.3) is 0 Å². The number of methoxy groups -OCH3 is 1. The maximum absolute atomic E-state index is 6.97. The maximum Gasteiger partial charge on any atom is 0.192 e. The van der Waals surface area contributed by atoms with Gasteiger partial charge in [-0.3, -0.25) is 4.90 Å². The molecule has 0 N–H and O–H groups in total. The predicted octanol–water partition coefficient (Wildman–Crippen LogP) is 5.75. The summed E-state index contributed by atoms with van der Waals surface area (Å²) in [6.07, 6.45) is 4.61. The van der Waals surface area contributed by atoms with Crippen LogP contribution in [0.4, 0.5) is 0 Å². The molecule has 2 aliphatic rings. The van der Waals surface area contributed by atoms with E-state index in [4.69, 9.17) is 13.9 Å². The van der Waals surface area contributed by atoms with Crippen molar-refractivity contribution in [1.82, 2.24) is 4.90 Å². The summed E-state index contributed by atoms with van der Waals surface area (Å²) in [7, 11) is 2.15. The molecule has 164 valence electrons. The molecule has 0 bridgehead atoms. The molecular formula is C24H41NO3Si. The fourth-order valence-corrected chi connectivity index (χ4v) is 5.86. The monoisotopic (exact) mass is 419 g/mol. The van der Waals surface area contributed by atoms with Gasteiger partial charge in [0.15, 0.2) is 14.1 Å². The van der Waals surface area contributed by atoms with E-state index in [1.807, 2.05) is 0 Å². The van der Waals surface area contributed by atoms with Gasteiger partial charge in [-0.25, -0.2) is 0 Å². The van der Waals surface area contributed by atoms with E-state index >= 15 is 0 Å². The van der Waals surface area contributed by atoms with Crippen LogP contribution in [0.15, 0.2) is 30.3 Å². The molecule has 2 aliphatic heterocycles. The number of likely N-dealkylation sites (N-methyl/N-ethyl adjacent to an activating group) is 1. The van der Waals surface area contributed by atoms with Gasteiger partial charge in [-0.1, -0.05) is 51.1 Å². The van der Waals surface area contributed by atoms with Crippen LogP contribution in [-0.4, -0.2) is 51.3 Å². The Morgan fingerprint density at radius 3 is 2.45 bits per heavy atom. The van der Waals surface area contributed by atoms with E-state index in [1.165, 1.54) is 5.56 Å². The largest absolute Gasteiger partial charge is 0.410 e. The van der Waals surface area contributed by atoms with Crippen LogP contribution < -0.4 is 0 Å². The molecule has 2 heterocycles. The van der Waals surface area contributed by atoms with Gasteiger partial charge in [0.1, 0.15) is 0 Å². The molecule has 2 fully saturated rings. The van der Waals surface area contributed by atoms with Gasteiger partial charge in [0.25, 0.3) is 0 Å². The Kier molecular flexibility index (Phi) is 6.67. The van der Waals surface area contributed by atoms with E-state index in [9.17, 15) is 0 Å². The highest BCUT2D eigenvalue weighted by Crippen LogP contribution is 2.44. The maximum atomic E-state index is 6.97. The quantitative estimate of drug-likeness (QED) is 0.549. The minimum atomic E-state index is -1.88. The van der Waals surface area contributed by atoms with E-state index in [0.717, 1.165) is 25.7 Å². The topological polar surface area (TPSA) is 30.9 Å². The first-order valence-corrected chi connectivity index (χ1v) is 14.0. The molecule has 0 aliphatic carbocycles. The Morgan fingerprint density at radius 1 is 1.21 bits per heavy atom. The van der Waals surface area contributed by atoms with Gasteiger partial charge in [-0.15, -0.1) is 0 Å². The number of ether oxygens (including phenoxy) is 2. The molecule has 0 aromatic heterocycles. The average Bonchev–Trinajstić information content (AvgIpc) is 3.01. The number of piperidine rings is 1. The number of hydrogen-bond acceptors (Lipinski definition) is 4. The minimum Gasteiger partial charge on any atom is -0.410 e. The van der Waals surface area contributed by atoms with Crippen LogP contribution in [0.5, 0.6) is 0 Å². The van der Waals surface area contributed by atoms with Gasteiger partial charge in [-0.05, 0) is 56.9 Å². The Bertz CT molecular complexity index is 674. The number of fused-ring (bicyclic) bond motifs is 1. The molecule has 1 aromatic rings. The van der Waals surface area contributed by atoms with E-state index in [1.54, 1.807) is 7.11 Å². The third-order valence-electron chi connectivity index (χ3n) is 7.63. The molecule has 0 saturated carbocycles. The van der Waals surface area contributed by atoms with Gasteiger partial charge in [0, 0.05) is 25.6 Å². The second-order valence-electron chi connectivity index (χ2n) is 10.7. The lowest BCUT2D eigenvalue weighted by Gasteiger charge is -2.44. The lowest BCUT2D eigenvalue weighted by atomic mass is 9.88. The molecule has 3 rings (SSSR count). The van der Waals surface area contributed by atoms with Crippen LogP contribution in [0, 0.1) is 0 Å². The molecule has 2 saturated heterocycles. The van der Waals surface area contributed by atoms with Crippen LogP contribution in [0.3, 0.4) is 0 Å². The lowest BCUT2D eigenvalue weighted by Crippen LogP contribution is -2.50. The van der Waals surface area contributed by atoms with Crippen molar-refractivity contribution in [2.45, 2.75) is 102 Å². The summed E-state index contributed by atoms with van der Waals surface area (Å²) < 4.78 is 18.9. The van der Waals surface area contributed by atoms with Crippen molar-refractivity contribution < 1.29 is 13.9 Å². The van der Waals surface area contributed by atoms with Gasteiger partial charge < -0.3 is 13.9 Å². The van der Waals surface area contributed by atoms with Crippen molar-refractivity contribution in [3.63, 3.8) is 0 Å². The van der Waals surface area contributed by atoms with Crippen molar-refractivity contribution in [1.29, 1.82) is 0 Å². The Labute approximate surface area is 179 Å². The number of rotatable bonds is 6. The molecule has 0 spiro atoms. The Morgan fingerprint density at radius 2 is 1.86 bits per heavy atom. The zero-order chi connectivity index (χ0) is 21.4. The van der Waals surface area contributed by atoms with E-state index in [2.05, 4.69) is 83.1 Å². The third-order valence-corrected chi connectivity index (χ3v) is 12.1. The summed E-state index contributed by atoms with van der Waals surface area (Å²) in [5.74, 6) is -0.449. The highest BCUT2D eigenvalue weighted by Gasteiger charge is 2.49. The van der Waals surface area contributed by atoms with E-state index in [-0.39, 0.29) is 17.2 Å². The zero-order valence-corrected chi connectivity index (χ0v) is 20.7. The Hall–Kier alpha value is -0.723. The van der Waals surface area contributed by atoms with Crippen molar-refractivity contribution in [2.24, 2.45) is 0 Å². The van der Waals surface area contributed by atoms with E-state index in [0.29, 0.717) is 12.1 Å².